The quantitative estimate of drug-likeness (QED) is 0.558. The van der Waals surface area contributed by atoms with Crippen LogP contribution in [0.3, 0.4) is 0 Å². The van der Waals surface area contributed by atoms with Gasteiger partial charge in [-0.25, -0.2) is 0 Å². The van der Waals surface area contributed by atoms with Gasteiger partial charge in [0.15, 0.2) is 5.78 Å². The first kappa shape index (κ1) is 15.2. The normalized spacial score (nSPS) is 28.8. The van der Waals surface area contributed by atoms with Gasteiger partial charge in [-0.2, -0.15) is 0 Å². The molecule has 0 N–H and O–H groups in total. The highest BCUT2D eigenvalue weighted by molar-refractivity contribution is 6.07. The molecule has 3 atom stereocenters. The fourth-order valence-electron chi connectivity index (χ4n) is 2.96. The smallest absolute Gasteiger partial charge is 0.182 e. The SMILES string of the molecule is C=CC(C)C1=C(C(C)C(C)(C)CC)C2(C=CC1=O)CO2. The Labute approximate surface area is 122 Å². The van der Waals surface area contributed by atoms with Crippen LogP contribution in [0.4, 0.5) is 0 Å². The minimum Gasteiger partial charge on any atom is -0.360 e. The number of hydrogen-bond donors (Lipinski definition) is 0. The van der Waals surface area contributed by atoms with Crippen LogP contribution in [-0.4, -0.2) is 18.0 Å². The summed E-state index contributed by atoms with van der Waals surface area (Å²) in [4.78, 5) is 12.4. The van der Waals surface area contributed by atoms with E-state index in [1.165, 1.54) is 5.57 Å². The summed E-state index contributed by atoms with van der Waals surface area (Å²) in [5, 5.41) is 0. The molecule has 2 aliphatic rings. The molecule has 2 heteroatoms. The fourth-order valence-corrected chi connectivity index (χ4v) is 2.96. The van der Waals surface area contributed by atoms with Gasteiger partial charge in [-0.15, -0.1) is 6.58 Å². The van der Waals surface area contributed by atoms with Gasteiger partial charge in [0, 0.05) is 11.5 Å². The van der Waals surface area contributed by atoms with Gasteiger partial charge in [0.05, 0.1) is 6.61 Å². The molecule has 0 radical (unpaired) electrons. The molecule has 1 spiro atoms. The predicted octanol–water partition coefficient (Wildman–Crippen LogP) is 4.09. The number of allylic oxidation sites excluding steroid dienone is 3. The molecular formula is C18H26O2. The molecule has 20 heavy (non-hydrogen) atoms. The van der Waals surface area contributed by atoms with Crippen LogP contribution in [0, 0.1) is 17.3 Å². The zero-order valence-electron chi connectivity index (χ0n) is 13.3. The van der Waals surface area contributed by atoms with Gasteiger partial charge < -0.3 is 4.74 Å². The number of carbonyl (C=O) groups excluding carboxylic acids is 1. The van der Waals surface area contributed by atoms with Gasteiger partial charge in [-0.3, -0.25) is 4.79 Å². The molecule has 110 valence electrons. The summed E-state index contributed by atoms with van der Waals surface area (Å²) in [6.07, 6.45) is 6.55. The minimum absolute atomic E-state index is 0.0682. The zero-order chi connectivity index (χ0) is 15.1. The van der Waals surface area contributed by atoms with Crippen molar-refractivity contribution >= 4 is 5.78 Å². The molecule has 1 fully saturated rings. The average molecular weight is 274 g/mol. The van der Waals surface area contributed by atoms with E-state index in [0.717, 1.165) is 12.0 Å². The van der Waals surface area contributed by atoms with Crippen molar-refractivity contribution in [1.82, 2.24) is 0 Å². The Morgan fingerprint density at radius 3 is 2.55 bits per heavy atom. The molecule has 2 rings (SSSR count). The van der Waals surface area contributed by atoms with E-state index in [1.807, 2.05) is 19.1 Å². The molecule has 1 saturated heterocycles. The van der Waals surface area contributed by atoms with E-state index in [1.54, 1.807) is 6.08 Å². The number of hydrogen-bond acceptors (Lipinski definition) is 2. The Morgan fingerprint density at radius 2 is 2.10 bits per heavy atom. The highest BCUT2D eigenvalue weighted by atomic mass is 16.6. The summed E-state index contributed by atoms with van der Waals surface area (Å²) >= 11 is 0. The molecule has 3 unspecified atom stereocenters. The fraction of sp³-hybridized carbons (Fsp3) is 0.611. The number of ether oxygens (including phenoxy) is 1. The third kappa shape index (κ3) is 2.31. The zero-order valence-corrected chi connectivity index (χ0v) is 13.3. The van der Waals surface area contributed by atoms with E-state index < -0.39 is 0 Å². The van der Waals surface area contributed by atoms with Crippen LogP contribution in [-0.2, 0) is 9.53 Å². The van der Waals surface area contributed by atoms with Gasteiger partial charge in [-0.05, 0) is 29.1 Å². The summed E-state index contributed by atoms with van der Waals surface area (Å²) in [7, 11) is 0. The molecule has 0 amide bonds. The number of carbonyl (C=O) groups is 1. The molecule has 1 heterocycles. The van der Waals surface area contributed by atoms with Crippen LogP contribution in [0.15, 0.2) is 36.0 Å². The molecule has 1 aliphatic heterocycles. The molecule has 1 aliphatic carbocycles. The van der Waals surface area contributed by atoms with E-state index in [9.17, 15) is 4.79 Å². The third-order valence-electron chi connectivity index (χ3n) is 5.30. The topological polar surface area (TPSA) is 29.6 Å². The van der Waals surface area contributed by atoms with Crippen molar-refractivity contribution in [3.63, 3.8) is 0 Å². The van der Waals surface area contributed by atoms with Crippen molar-refractivity contribution in [3.8, 4) is 0 Å². The predicted molar refractivity (Wildman–Crippen MR) is 82.5 cm³/mol. The molecule has 0 aromatic carbocycles. The molecule has 0 bridgehead atoms. The van der Waals surface area contributed by atoms with Gasteiger partial charge in [0.1, 0.15) is 5.60 Å². The summed E-state index contributed by atoms with van der Waals surface area (Å²) < 4.78 is 5.75. The summed E-state index contributed by atoms with van der Waals surface area (Å²) in [6.45, 7) is 15.6. The van der Waals surface area contributed by atoms with Gasteiger partial charge >= 0.3 is 0 Å². The molecule has 2 nitrogen and oxygen atoms in total. The maximum Gasteiger partial charge on any atom is 0.182 e. The second kappa shape index (κ2) is 5.00. The Bertz CT molecular complexity index is 490. The van der Waals surface area contributed by atoms with Crippen molar-refractivity contribution in [1.29, 1.82) is 0 Å². The number of rotatable bonds is 5. The van der Waals surface area contributed by atoms with Gasteiger partial charge in [0.2, 0.25) is 0 Å². The first-order valence-electron chi connectivity index (χ1n) is 7.53. The summed E-state index contributed by atoms with van der Waals surface area (Å²) in [5.41, 5.74) is 1.91. The monoisotopic (exact) mass is 274 g/mol. The molecule has 0 saturated carbocycles. The van der Waals surface area contributed by atoms with Crippen LogP contribution in [0.25, 0.3) is 0 Å². The second-order valence-electron chi connectivity index (χ2n) is 6.79. The first-order valence-corrected chi connectivity index (χ1v) is 7.53. The lowest BCUT2D eigenvalue weighted by Crippen LogP contribution is -2.34. The van der Waals surface area contributed by atoms with E-state index in [-0.39, 0.29) is 22.7 Å². The Hall–Kier alpha value is -1.15. The lowest BCUT2D eigenvalue weighted by Gasteiger charge is -2.37. The van der Waals surface area contributed by atoms with Crippen molar-refractivity contribution < 1.29 is 9.53 Å². The lowest BCUT2D eigenvalue weighted by molar-refractivity contribution is -0.112. The molecular weight excluding hydrogens is 248 g/mol. The average Bonchev–Trinajstić information content (AvgIpc) is 3.20. The van der Waals surface area contributed by atoms with Crippen molar-refractivity contribution in [2.45, 2.75) is 46.6 Å². The Kier molecular flexibility index (Phi) is 3.81. The molecule has 0 aromatic rings. The lowest BCUT2D eigenvalue weighted by atomic mass is 9.66. The van der Waals surface area contributed by atoms with Crippen molar-refractivity contribution in [2.24, 2.45) is 17.3 Å². The van der Waals surface area contributed by atoms with Gasteiger partial charge in [-0.1, -0.05) is 47.1 Å². The van der Waals surface area contributed by atoms with Crippen LogP contribution >= 0.6 is 0 Å². The van der Waals surface area contributed by atoms with Crippen molar-refractivity contribution in [2.75, 3.05) is 6.61 Å². The maximum absolute atomic E-state index is 12.4. The van der Waals surface area contributed by atoms with Crippen molar-refractivity contribution in [3.05, 3.63) is 36.0 Å². The van der Waals surface area contributed by atoms with E-state index in [0.29, 0.717) is 12.5 Å². The van der Waals surface area contributed by atoms with Crippen LogP contribution in [0.1, 0.15) is 41.0 Å². The largest absolute Gasteiger partial charge is 0.360 e. The number of epoxide rings is 1. The highest BCUT2D eigenvalue weighted by Gasteiger charge is 2.53. The van der Waals surface area contributed by atoms with E-state index >= 15 is 0 Å². The van der Waals surface area contributed by atoms with E-state index in [2.05, 4.69) is 34.3 Å². The highest BCUT2D eigenvalue weighted by Crippen LogP contribution is 2.51. The minimum atomic E-state index is -0.313. The van der Waals surface area contributed by atoms with Crippen LogP contribution in [0.5, 0.6) is 0 Å². The molecule has 0 aromatic heterocycles. The maximum atomic E-state index is 12.4. The summed E-state index contributed by atoms with van der Waals surface area (Å²) in [5.74, 6) is 0.493. The Balaban J connectivity index is 2.56. The Morgan fingerprint density at radius 1 is 1.50 bits per heavy atom. The van der Waals surface area contributed by atoms with Crippen LogP contribution < -0.4 is 0 Å². The van der Waals surface area contributed by atoms with E-state index in [4.69, 9.17) is 4.74 Å². The third-order valence-corrected chi connectivity index (χ3v) is 5.30. The van der Waals surface area contributed by atoms with Crippen LogP contribution in [0.2, 0.25) is 0 Å². The van der Waals surface area contributed by atoms with Gasteiger partial charge in [0.25, 0.3) is 0 Å². The number of ketones is 1. The second-order valence-corrected chi connectivity index (χ2v) is 6.79. The first-order chi connectivity index (χ1) is 9.29. The summed E-state index contributed by atoms with van der Waals surface area (Å²) in [6, 6.07) is 0. The standard InChI is InChI=1S/C18H26O2/c1-7-12(3)15-14(19)9-10-18(11-20-18)16(15)13(4)17(5,6)8-2/h7,9-10,12-13H,1,8,11H2,2-6H3.